The van der Waals surface area contributed by atoms with Gasteiger partial charge in [0.25, 0.3) is 0 Å². The Kier molecular flexibility index (Phi) is 3.86. The average Bonchev–Trinajstić information content (AvgIpc) is 2.81. The van der Waals surface area contributed by atoms with Crippen LogP contribution < -0.4 is 5.32 Å². The summed E-state index contributed by atoms with van der Waals surface area (Å²) in [5, 5.41) is 11.7. The number of carbonyl (C=O) groups is 2. The van der Waals surface area contributed by atoms with Gasteiger partial charge in [-0.15, -0.1) is 0 Å². The number of carbonyl (C=O) groups excluding carboxylic acids is 1. The lowest BCUT2D eigenvalue weighted by molar-refractivity contribution is 0.0698. The average molecular weight is 313 g/mol. The molecule has 1 aliphatic heterocycles. The topological polar surface area (TPSA) is 69.6 Å². The van der Waals surface area contributed by atoms with Crippen molar-refractivity contribution in [1.82, 2.24) is 4.90 Å². The zero-order valence-corrected chi connectivity index (χ0v) is 11.2. The second kappa shape index (κ2) is 5.39. The van der Waals surface area contributed by atoms with E-state index >= 15 is 0 Å². The number of carboxylic acids is 1. The van der Waals surface area contributed by atoms with Gasteiger partial charge in [0.1, 0.15) is 0 Å². The molecule has 1 aromatic rings. The molecule has 0 aliphatic carbocycles. The third-order valence-electron chi connectivity index (χ3n) is 2.85. The van der Waals surface area contributed by atoms with E-state index in [0.29, 0.717) is 5.69 Å². The van der Waals surface area contributed by atoms with E-state index in [2.05, 4.69) is 21.2 Å². The highest BCUT2D eigenvalue weighted by atomic mass is 79.9. The van der Waals surface area contributed by atoms with Crippen LogP contribution in [-0.2, 0) is 0 Å². The molecule has 1 heterocycles. The summed E-state index contributed by atoms with van der Waals surface area (Å²) in [6.07, 6.45) is 2.00. The van der Waals surface area contributed by atoms with Crippen LogP contribution >= 0.6 is 15.9 Å². The molecule has 2 amide bonds. The third-order valence-corrected chi connectivity index (χ3v) is 3.34. The zero-order valence-electron chi connectivity index (χ0n) is 9.65. The Hall–Kier alpha value is -1.56. The SMILES string of the molecule is O=C(O)c1ccc(Br)cc1NC(=O)N1CCCC1. The molecule has 5 nitrogen and oxygen atoms in total. The number of rotatable bonds is 2. The van der Waals surface area contributed by atoms with E-state index in [-0.39, 0.29) is 11.6 Å². The maximum Gasteiger partial charge on any atom is 0.337 e. The molecule has 1 aromatic carbocycles. The predicted molar refractivity (Wildman–Crippen MR) is 70.9 cm³/mol. The Bertz CT molecular complexity index is 484. The highest BCUT2D eigenvalue weighted by Crippen LogP contribution is 2.22. The number of amides is 2. The summed E-state index contributed by atoms with van der Waals surface area (Å²) < 4.78 is 0.726. The van der Waals surface area contributed by atoms with Gasteiger partial charge in [0, 0.05) is 17.6 Å². The molecular weight excluding hydrogens is 300 g/mol. The molecule has 0 aromatic heterocycles. The maximum absolute atomic E-state index is 11.9. The summed E-state index contributed by atoms with van der Waals surface area (Å²) in [5.74, 6) is -1.06. The van der Waals surface area contributed by atoms with Crippen molar-refractivity contribution in [3.63, 3.8) is 0 Å². The van der Waals surface area contributed by atoms with Gasteiger partial charge < -0.3 is 15.3 Å². The van der Waals surface area contributed by atoms with E-state index < -0.39 is 5.97 Å². The highest BCUT2D eigenvalue weighted by Gasteiger charge is 2.20. The lowest BCUT2D eigenvalue weighted by Crippen LogP contribution is -2.32. The molecule has 1 aliphatic rings. The molecule has 18 heavy (non-hydrogen) atoms. The van der Waals surface area contributed by atoms with Crippen LogP contribution in [0, 0.1) is 0 Å². The van der Waals surface area contributed by atoms with Gasteiger partial charge in [-0.1, -0.05) is 15.9 Å². The quantitative estimate of drug-likeness (QED) is 0.882. The van der Waals surface area contributed by atoms with Gasteiger partial charge in [0.15, 0.2) is 0 Å². The lowest BCUT2D eigenvalue weighted by atomic mass is 10.2. The third kappa shape index (κ3) is 2.81. The fourth-order valence-corrected chi connectivity index (χ4v) is 2.28. The van der Waals surface area contributed by atoms with E-state index in [1.807, 2.05) is 0 Å². The molecule has 2 N–H and O–H groups in total. The number of hydrogen-bond donors (Lipinski definition) is 2. The number of likely N-dealkylation sites (tertiary alicyclic amines) is 1. The van der Waals surface area contributed by atoms with Crippen molar-refractivity contribution in [3.05, 3.63) is 28.2 Å². The van der Waals surface area contributed by atoms with Crippen molar-refractivity contribution in [3.8, 4) is 0 Å². The maximum atomic E-state index is 11.9. The van der Waals surface area contributed by atoms with Crippen molar-refractivity contribution >= 4 is 33.6 Å². The molecule has 0 unspecified atom stereocenters. The Morgan fingerprint density at radius 1 is 1.28 bits per heavy atom. The highest BCUT2D eigenvalue weighted by molar-refractivity contribution is 9.10. The molecule has 96 valence electrons. The number of urea groups is 1. The Morgan fingerprint density at radius 2 is 1.94 bits per heavy atom. The first-order valence-electron chi connectivity index (χ1n) is 5.66. The number of nitrogens with one attached hydrogen (secondary N) is 1. The molecular formula is C12H13BrN2O3. The summed E-state index contributed by atoms with van der Waals surface area (Å²) in [5.41, 5.74) is 0.402. The minimum atomic E-state index is -1.06. The summed E-state index contributed by atoms with van der Waals surface area (Å²) in [6, 6.07) is 4.45. The number of anilines is 1. The van der Waals surface area contributed by atoms with Crippen LogP contribution in [0.15, 0.2) is 22.7 Å². The van der Waals surface area contributed by atoms with Crippen molar-refractivity contribution < 1.29 is 14.7 Å². The van der Waals surface area contributed by atoms with E-state index in [4.69, 9.17) is 5.11 Å². The van der Waals surface area contributed by atoms with Gasteiger partial charge in [0.05, 0.1) is 11.3 Å². The summed E-state index contributed by atoms with van der Waals surface area (Å²) in [6.45, 7) is 1.45. The lowest BCUT2D eigenvalue weighted by Gasteiger charge is -2.17. The van der Waals surface area contributed by atoms with Crippen LogP contribution in [-0.4, -0.2) is 35.1 Å². The van der Waals surface area contributed by atoms with Crippen LogP contribution in [0.4, 0.5) is 10.5 Å². The van der Waals surface area contributed by atoms with Gasteiger partial charge in [0.2, 0.25) is 0 Å². The molecule has 0 bridgehead atoms. The Morgan fingerprint density at radius 3 is 2.56 bits per heavy atom. The number of aromatic carboxylic acids is 1. The van der Waals surface area contributed by atoms with Crippen LogP contribution in [0.2, 0.25) is 0 Å². The van der Waals surface area contributed by atoms with Gasteiger partial charge in [-0.2, -0.15) is 0 Å². The number of hydrogen-bond acceptors (Lipinski definition) is 2. The minimum Gasteiger partial charge on any atom is -0.478 e. The van der Waals surface area contributed by atoms with Crippen LogP contribution in [0.25, 0.3) is 0 Å². The smallest absolute Gasteiger partial charge is 0.337 e. The second-order valence-electron chi connectivity index (χ2n) is 4.12. The summed E-state index contributed by atoms with van der Waals surface area (Å²) >= 11 is 3.26. The monoisotopic (exact) mass is 312 g/mol. The van der Waals surface area contributed by atoms with Gasteiger partial charge in [-0.05, 0) is 31.0 Å². The Labute approximate surface area is 113 Å². The van der Waals surface area contributed by atoms with Gasteiger partial charge >= 0.3 is 12.0 Å². The molecule has 0 atom stereocenters. The first-order valence-corrected chi connectivity index (χ1v) is 6.46. The molecule has 0 saturated carbocycles. The van der Waals surface area contributed by atoms with Crippen LogP contribution in [0.5, 0.6) is 0 Å². The normalized spacial score (nSPS) is 14.6. The fraction of sp³-hybridized carbons (Fsp3) is 0.333. The minimum absolute atomic E-state index is 0.0887. The molecule has 0 radical (unpaired) electrons. The Balaban J connectivity index is 2.19. The van der Waals surface area contributed by atoms with Crippen molar-refractivity contribution in [2.24, 2.45) is 0 Å². The van der Waals surface area contributed by atoms with E-state index in [1.165, 1.54) is 6.07 Å². The zero-order chi connectivity index (χ0) is 13.1. The largest absolute Gasteiger partial charge is 0.478 e. The molecule has 1 saturated heterocycles. The predicted octanol–water partition coefficient (Wildman–Crippen LogP) is 2.78. The molecule has 0 spiro atoms. The first kappa shape index (κ1) is 12.9. The number of halogens is 1. The standard InChI is InChI=1S/C12H13BrN2O3/c13-8-3-4-9(11(16)17)10(7-8)14-12(18)15-5-1-2-6-15/h3-4,7H,1-2,5-6H2,(H,14,18)(H,16,17). The van der Waals surface area contributed by atoms with Gasteiger partial charge in [-0.3, -0.25) is 0 Å². The molecule has 6 heteroatoms. The van der Waals surface area contributed by atoms with E-state index in [1.54, 1.807) is 17.0 Å². The number of carboxylic acid groups (broad SMARTS) is 1. The molecule has 2 rings (SSSR count). The molecule has 1 fully saturated rings. The summed E-state index contributed by atoms with van der Waals surface area (Å²) in [4.78, 5) is 24.7. The van der Waals surface area contributed by atoms with Crippen molar-refractivity contribution in [1.29, 1.82) is 0 Å². The summed E-state index contributed by atoms with van der Waals surface area (Å²) in [7, 11) is 0. The second-order valence-corrected chi connectivity index (χ2v) is 5.04. The van der Waals surface area contributed by atoms with Crippen LogP contribution in [0.1, 0.15) is 23.2 Å². The fourth-order valence-electron chi connectivity index (χ4n) is 1.92. The van der Waals surface area contributed by atoms with E-state index in [0.717, 1.165) is 30.4 Å². The van der Waals surface area contributed by atoms with Crippen LogP contribution in [0.3, 0.4) is 0 Å². The number of benzene rings is 1. The number of nitrogens with zero attached hydrogens (tertiary/aromatic N) is 1. The van der Waals surface area contributed by atoms with E-state index in [9.17, 15) is 9.59 Å². The van der Waals surface area contributed by atoms with Gasteiger partial charge in [-0.25, -0.2) is 9.59 Å². The first-order chi connectivity index (χ1) is 8.58. The van der Waals surface area contributed by atoms with Crippen molar-refractivity contribution in [2.45, 2.75) is 12.8 Å². The van der Waals surface area contributed by atoms with Crippen molar-refractivity contribution in [2.75, 3.05) is 18.4 Å².